The standard InChI is InChI=1S/C23H27N3O4S/c1-17-4-9-22(14-18(17)2)31(27,28)26-12-10-25(11-13-26)15-20-16-30-23(24-20)19-5-7-21(29-3)8-6-19/h4-9,14,16H,10-13,15H2,1-3H3. The number of aryl methyl sites for hydroxylation is 2. The van der Waals surface area contributed by atoms with E-state index >= 15 is 0 Å². The summed E-state index contributed by atoms with van der Waals surface area (Å²) in [6.45, 7) is 6.75. The first-order valence-corrected chi connectivity index (χ1v) is 11.7. The SMILES string of the molecule is COc1ccc(-c2nc(CN3CCN(S(=O)(=O)c4ccc(C)c(C)c4)CC3)co2)cc1. The van der Waals surface area contributed by atoms with Gasteiger partial charge in [0.25, 0.3) is 0 Å². The summed E-state index contributed by atoms with van der Waals surface area (Å²) in [4.78, 5) is 7.14. The number of nitrogens with zero attached hydrogens (tertiary/aromatic N) is 3. The summed E-state index contributed by atoms with van der Waals surface area (Å²) in [6, 6.07) is 12.9. The normalized spacial score (nSPS) is 15.8. The third-order valence-corrected chi connectivity index (χ3v) is 7.62. The molecule has 8 heteroatoms. The van der Waals surface area contributed by atoms with Crippen LogP contribution in [0, 0.1) is 13.8 Å². The molecule has 2 heterocycles. The first kappa shape index (κ1) is 21.5. The van der Waals surface area contributed by atoms with E-state index in [-0.39, 0.29) is 0 Å². The monoisotopic (exact) mass is 441 g/mol. The molecule has 164 valence electrons. The van der Waals surface area contributed by atoms with E-state index < -0.39 is 10.0 Å². The van der Waals surface area contributed by atoms with Crippen molar-refractivity contribution in [3.63, 3.8) is 0 Å². The Hall–Kier alpha value is -2.68. The molecule has 1 fully saturated rings. The van der Waals surface area contributed by atoms with E-state index in [9.17, 15) is 8.42 Å². The van der Waals surface area contributed by atoms with Crippen molar-refractivity contribution in [3.05, 3.63) is 65.5 Å². The third-order valence-electron chi connectivity index (χ3n) is 5.72. The molecule has 7 nitrogen and oxygen atoms in total. The molecule has 0 spiro atoms. The number of hydrogen-bond donors (Lipinski definition) is 0. The Labute approximate surface area is 183 Å². The van der Waals surface area contributed by atoms with Gasteiger partial charge in [0.2, 0.25) is 15.9 Å². The van der Waals surface area contributed by atoms with Crippen LogP contribution in [-0.4, -0.2) is 55.9 Å². The number of piperazine rings is 1. The lowest BCUT2D eigenvalue weighted by atomic mass is 10.1. The van der Waals surface area contributed by atoms with E-state index in [0.29, 0.717) is 43.5 Å². The second-order valence-corrected chi connectivity index (χ2v) is 9.74. The third kappa shape index (κ3) is 4.66. The maximum absolute atomic E-state index is 13.0. The molecule has 1 aromatic heterocycles. The van der Waals surface area contributed by atoms with Crippen LogP contribution in [0.2, 0.25) is 0 Å². The van der Waals surface area contributed by atoms with Crippen LogP contribution in [0.1, 0.15) is 16.8 Å². The molecule has 1 aliphatic heterocycles. The summed E-state index contributed by atoms with van der Waals surface area (Å²) in [5, 5.41) is 0. The van der Waals surface area contributed by atoms with Crippen LogP contribution in [0.25, 0.3) is 11.5 Å². The summed E-state index contributed by atoms with van der Waals surface area (Å²) in [5.41, 5.74) is 3.79. The fourth-order valence-electron chi connectivity index (χ4n) is 3.63. The molecule has 0 radical (unpaired) electrons. The molecule has 31 heavy (non-hydrogen) atoms. The summed E-state index contributed by atoms with van der Waals surface area (Å²) in [7, 11) is -1.84. The van der Waals surface area contributed by atoms with Crippen molar-refractivity contribution >= 4 is 10.0 Å². The molecule has 1 saturated heterocycles. The number of benzene rings is 2. The Bertz CT molecular complexity index is 1150. The minimum absolute atomic E-state index is 0.365. The molecule has 0 amide bonds. The Morgan fingerprint density at radius 3 is 2.35 bits per heavy atom. The predicted octanol–water partition coefficient (Wildman–Crippen LogP) is 3.47. The Morgan fingerprint density at radius 2 is 1.71 bits per heavy atom. The van der Waals surface area contributed by atoms with Gasteiger partial charge in [0, 0.05) is 38.3 Å². The lowest BCUT2D eigenvalue weighted by Crippen LogP contribution is -2.48. The van der Waals surface area contributed by atoms with E-state index in [1.165, 1.54) is 0 Å². The zero-order chi connectivity index (χ0) is 22.0. The number of methoxy groups -OCH3 is 1. The molecule has 0 bridgehead atoms. The summed E-state index contributed by atoms with van der Waals surface area (Å²) in [5.74, 6) is 1.35. The summed E-state index contributed by atoms with van der Waals surface area (Å²) < 4.78 is 38.4. The maximum Gasteiger partial charge on any atom is 0.243 e. The van der Waals surface area contributed by atoms with E-state index in [1.54, 1.807) is 29.8 Å². The smallest absolute Gasteiger partial charge is 0.243 e. The van der Waals surface area contributed by atoms with Gasteiger partial charge in [-0.25, -0.2) is 13.4 Å². The molecule has 0 atom stereocenters. The predicted molar refractivity (Wildman–Crippen MR) is 118 cm³/mol. The van der Waals surface area contributed by atoms with Gasteiger partial charge < -0.3 is 9.15 Å². The highest BCUT2D eigenvalue weighted by Gasteiger charge is 2.29. The van der Waals surface area contributed by atoms with E-state index in [4.69, 9.17) is 9.15 Å². The van der Waals surface area contributed by atoms with Gasteiger partial charge in [0.1, 0.15) is 12.0 Å². The summed E-state index contributed by atoms with van der Waals surface area (Å²) >= 11 is 0. The van der Waals surface area contributed by atoms with Crippen LogP contribution in [0.15, 0.2) is 58.0 Å². The van der Waals surface area contributed by atoms with Gasteiger partial charge in [0.05, 0.1) is 17.7 Å². The van der Waals surface area contributed by atoms with Gasteiger partial charge in [-0.1, -0.05) is 6.07 Å². The van der Waals surface area contributed by atoms with E-state index in [2.05, 4.69) is 9.88 Å². The molecule has 0 saturated carbocycles. The molecular formula is C23H27N3O4S. The van der Waals surface area contributed by atoms with Crippen LogP contribution in [0.5, 0.6) is 5.75 Å². The number of rotatable bonds is 6. The molecule has 0 aliphatic carbocycles. The van der Waals surface area contributed by atoms with E-state index in [1.807, 2.05) is 44.2 Å². The minimum atomic E-state index is -3.47. The Kier molecular flexibility index (Phi) is 6.13. The summed E-state index contributed by atoms with van der Waals surface area (Å²) in [6.07, 6.45) is 1.66. The van der Waals surface area contributed by atoms with Gasteiger partial charge in [-0.05, 0) is 61.4 Å². The molecule has 4 rings (SSSR count). The van der Waals surface area contributed by atoms with Crippen molar-refractivity contribution in [2.45, 2.75) is 25.3 Å². The van der Waals surface area contributed by atoms with Gasteiger partial charge in [-0.3, -0.25) is 4.90 Å². The molecule has 2 aromatic carbocycles. The lowest BCUT2D eigenvalue weighted by molar-refractivity contribution is 0.180. The first-order chi connectivity index (χ1) is 14.9. The fourth-order valence-corrected chi connectivity index (χ4v) is 5.13. The van der Waals surface area contributed by atoms with Crippen molar-refractivity contribution in [3.8, 4) is 17.2 Å². The lowest BCUT2D eigenvalue weighted by Gasteiger charge is -2.33. The van der Waals surface area contributed by atoms with Crippen LogP contribution in [-0.2, 0) is 16.6 Å². The van der Waals surface area contributed by atoms with Crippen LogP contribution in [0.3, 0.4) is 0 Å². The average Bonchev–Trinajstić information content (AvgIpc) is 3.24. The van der Waals surface area contributed by atoms with E-state index in [0.717, 1.165) is 28.1 Å². The number of sulfonamides is 1. The van der Waals surface area contributed by atoms with Crippen molar-refractivity contribution in [2.24, 2.45) is 0 Å². The largest absolute Gasteiger partial charge is 0.497 e. The van der Waals surface area contributed by atoms with Crippen molar-refractivity contribution < 1.29 is 17.6 Å². The molecule has 0 N–H and O–H groups in total. The van der Waals surface area contributed by atoms with Gasteiger partial charge >= 0.3 is 0 Å². The van der Waals surface area contributed by atoms with Crippen molar-refractivity contribution in [1.82, 2.24) is 14.2 Å². The van der Waals surface area contributed by atoms with Crippen molar-refractivity contribution in [1.29, 1.82) is 0 Å². The minimum Gasteiger partial charge on any atom is -0.497 e. The number of ether oxygens (including phenoxy) is 1. The second kappa shape index (κ2) is 8.82. The Balaban J connectivity index is 1.37. The average molecular weight is 442 g/mol. The van der Waals surface area contributed by atoms with Crippen molar-refractivity contribution in [2.75, 3.05) is 33.3 Å². The molecular weight excluding hydrogens is 414 g/mol. The van der Waals surface area contributed by atoms with Gasteiger partial charge in [0.15, 0.2) is 0 Å². The van der Waals surface area contributed by atoms with Crippen LogP contribution >= 0.6 is 0 Å². The number of hydrogen-bond acceptors (Lipinski definition) is 6. The molecule has 1 aliphatic rings. The quantitative estimate of drug-likeness (QED) is 0.583. The van der Waals surface area contributed by atoms with Crippen LogP contribution < -0.4 is 4.74 Å². The Morgan fingerprint density at radius 1 is 1.00 bits per heavy atom. The highest BCUT2D eigenvalue weighted by Crippen LogP contribution is 2.23. The molecule has 0 unspecified atom stereocenters. The highest BCUT2D eigenvalue weighted by atomic mass is 32.2. The first-order valence-electron chi connectivity index (χ1n) is 10.3. The van der Waals surface area contributed by atoms with Crippen LogP contribution in [0.4, 0.5) is 0 Å². The topological polar surface area (TPSA) is 75.9 Å². The van der Waals surface area contributed by atoms with Gasteiger partial charge in [-0.15, -0.1) is 0 Å². The second-order valence-electron chi connectivity index (χ2n) is 7.80. The fraction of sp³-hybridized carbons (Fsp3) is 0.348. The number of oxazole rings is 1. The zero-order valence-corrected chi connectivity index (χ0v) is 18.9. The highest BCUT2D eigenvalue weighted by molar-refractivity contribution is 7.89. The maximum atomic E-state index is 13.0. The number of aromatic nitrogens is 1. The zero-order valence-electron chi connectivity index (χ0n) is 18.0. The molecule has 3 aromatic rings. The van der Waals surface area contributed by atoms with Gasteiger partial charge in [-0.2, -0.15) is 4.31 Å².